The summed E-state index contributed by atoms with van der Waals surface area (Å²) in [7, 11) is 0. The zero-order valence-corrected chi connectivity index (χ0v) is 19.6. The SMILES string of the molecule is CCOC(=O)c1cc2cc(NC(=O)CNCCCCCc3c[nH]c4ccc(C#N)cc34)ccc2o1. The molecule has 8 nitrogen and oxygen atoms in total. The molecule has 0 atom stereocenters. The number of hydrogen-bond donors (Lipinski definition) is 3. The van der Waals surface area contributed by atoms with Gasteiger partial charge < -0.3 is 24.8 Å². The molecule has 0 fully saturated rings. The molecule has 35 heavy (non-hydrogen) atoms. The number of benzene rings is 2. The molecule has 0 spiro atoms. The monoisotopic (exact) mass is 472 g/mol. The molecule has 0 saturated carbocycles. The first-order chi connectivity index (χ1) is 17.1. The van der Waals surface area contributed by atoms with E-state index in [1.165, 1.54) is 5.56 Å². The maximum absolute atomic E-state index is 12.3. The lowest BCUT2D eigenvalue weighted by Gasteiger charge is -2.07. The van der Waals surface area contributed by atoms with Gasteiger partial charge in [0.25, 0.3) is 0 Å². The smallest absolute Gasteiger partial charge is 0.374 e. The van der Waals surface area contributed by atoms with E-state index in [0.29, 0.717) is 16.8 Å². The summed E-state index contributed by atoms with van der Waals surface area (Å²) >= 11 is 0. The molecule has 3 N–H and O–H groups in total. The molecule has 0 radical (unpaired) electrons. The van der Waals surface area contributed by atoms with Crippen LogP contribution in [-0.4, -0.2) is 36.6 Å². The number of ether oxygens (including phenoxy) is 1. The van der Waals surface area contributed by atoms with Gasteiger partial charge in [0.05, 0.1) is 24.8 Å². The van der Waals surface area contributed by atoms with Gasteiger partial charge >= 0.3 is 5.97 Å². The Kier molecular flexibility index (Phi) is 7.81. The average molecular weight is 473 g/mol. The number of aromatic nitrogens is 1. The van der Waals surface area contributed by atoms with Gasteiger partial charge in [0, 0.05) is 28.2 Å². The fraction of sp³-hybridized carbons (Fsp3) is 0.296. The van der Waals surface area contributed by atoms with E-state index in [2.05, 4.69) is 21.7 Å². The zero-order valence-electron chi connectivity index (χ0n) is 19.6. The normalized spacial score (nSPS) is 11.0. The summed E-state index contributed by atoms with van der Waals surface area (Å²) < 4.78 is 10.4. The molecule has 4 rings (SSSR count). The summed E-state index contributed by atoms with van der Waals surface area (Å²) in [6.07, 6.45) is 6.02. The number of nitrogens with one attached hydrogen (secondary N) is 3. The van der Waals surface area contributed by atoms with Crippen LogP contribution in [0, 0.1) is 11.3 Å². The van der Waals surface area contributed by atoms with Gasteiger partial charge in [0.2, 0.25) is 11.7 Å². The number of esters is 1. The Morgan fingerprint density at radius 1 is 1.11 bits per heavy atom. The number of nitrogens with zero attached hydrogens (tertiary/aromatic N) is 1. The summed E-state index contributed by atoms with van der Waals surface area (Å²) in [6.45, 7) is 2.99. The van der Waals surface area contributed by atoms with Crippen molar-refractivity contribution in [2.45, 2.75) is 32.6 Å². The molecule has 4 aromatic rings. The summed E-state index contributed by atoms with van der Waals surface area (Å²) in [4.78, 5) is 27.4. The molecule has 0 aliphatic carbocycles. The van der Waals surface area contributed by atoms with Gasteiger partial charge in [-0.1, -0.05) is 6.42 Å². The van der Waals surface area contributed by atoms with Crippen molar-refractivity contribution in [3.63, 3.8) is 0 Å². The lowest BCUT2D eigenvalue weighted by atomic mass is 10.0. The van der Waals surface area contributed by atoms with E-state index in [9.17, 15) is 9.59 Å². The van der Waals surface area contributed by atoms with Crippen molar-refractivity contribution in [2.75, 3.05) is 25.0 Å². The van der Waals surface area contributed by atoms with Crippen molar-refractivity contribution < 1.29 is 18.7 Å². The number of anilines is 1. The molecule has 2 aromatic heterocycles. The molecular weight excluding hydrogens is 444 g/mol. The Balaban J connectivity index is 1.16. The highest BCUT2D eigenvalue weighted by Gasteiger charge is 2.14. The predicted molar refractivity (Wildman–Crippen MR) is 134 cm³/mol. The number of nitriles is 1. The fourth-order valence-electron chi connectivity index (χ4n) is 4.03. The third-order valence-electron chi connectivity index (χ3n) is 5.76. The summed E-state index contributed by atoms with van der Waals surface area (Å²) in [5.74, 6) is -0.498. The highest BCUT2D eigenvalue weighted by atomic mass is 16.5. The van der Waals surface area contributed by atoms with E-state index in [-0.39, 0.29) is 24.8 Å². The van der Waals surface area contributed by atoms with E-state index in [0.717, 1.165) is 48.5 Å². The second-order valence-electron chi connectivity index (χ2n) is 8.31. The number of hydrogen-bond acceptors (Lipinski definition) is 6. The highest BCUT2D eigenvalue weighted by Crippen LogP contribution is 2.24. The molecule has 2 aromatic carbocycles. The number of unbranched alkanes of at least 4 members (excludes halogenated alkanes) is 2. The largest absolute Gasteiger partial charge is 0.460 e. The number of aromatic amines is 1. The minimum Gasteiger partial charge on any atom is -0.460 e. The standard InChI is InChI=1S/C27H28N4O4/c1-2-34-27(33)25-14-20-13-21(8-10-24(20)35-25)31-26(32)17-29-11-5-3-4-6-19-16-30-23-9-7-18(15-28)12-22(19)23/h7-10,12-14,16,29-30H,2-6,11,17H2,1H3,(H,31,32). The summed E-state index contributed by atoms with van der Waals surface area (Å²) in [6, 6.07) is 14.7. The number of amides is 1. The topological polar surface area (TPSA) is 120 Å². The van der Waals surface area contributed by atoms with Crippen molar-refractivity contribution in [1.82, 2.24) is 10.3 Å². The van der Waals surface area contributed by atoms with Gasteiger partial charge in [0.1, 0.15) is 5.58 Å². The second-order valence-corrected chi connectivity index (χ2v) is 8.31. The van der Waals surface area contributed by atoms with Crippen LogP contribution in [0.2, 0.25) is 0 Å². The number of carbonyl (C=O) groups is 2. The number of furan rings is 1. The van der Waals surface area contributed by atoms with Crippen molar-refractivity contribution >= 4 is 39.4 Å². The number of H-pyrrole nitrogens is 1. The maximum Gasteiger partial charge on any atom is 0.374 e. The van der Waals surface area contributed by atoms with Crippen LogP contribution in [0.25, 0.3) is 21.9 Å². The number of carbonyl (C=O) groups excluding carboxylic acids is 2. The first-order valence-electron chi connectivity index (χ1n) is 11.8. The van der Waals surface area contributed by atoms with Crippen LogP contribution in [0.15, 0.2) is 53.1 Å². The Hall–Kier alpha value is -4.09. The van der Waals surface area contributed by atoms with Gasteiger partial charge in [-0.25, -0.2) is 4.79 Å². The Morgan fingerprint density at radius 2 is 2.00 bits per heavy atom. The maximum atomic E-state index is 12.3. The Labute approximate surface area is 203 Å². The number of rotatable bonds is 11. The van der Waals surface area contributed by atoms with Crippen LogP contribution < -0.4 is 10.6 Å². The van der Waals surface area contributed by atoms with E-state index in [1.54, 1.807) is 31.2 Å². The molecular formula is C27H28N4O4. The predicted octanol–water partition coefficient (Wildman–Crippen LogP) is 4.90. The number of aryl methyl sites for hydroxylation is 1. The van der Waals surface area contributed by atoms with E-state index >= 15 is 0 Å². The van der Waals surface area contributed by atoms with Crippen LogP contribution in [0.3, 0.4) is 0 Å². The van der Waals surface area contributed by atoms with Crippen LogP contribution in [-0.2, 0) is 16.0 Å². The van der Waals surface area contributed by atoms with Crippen molar-refractivity contribution in [3.8, 4) is 6.07 Å². The van der Waals surface area contributed by atoms with Gasteiger partial charge in [-0.3, -0.25) is 4.79 Å². The van der Waals surface area contributed by atoms with Crippen LogP contribution in [0.4, 0.5) is 5.69 Å². The third kappa shape index (κ3) is 6.08. The third-order valence-corrected chi connectivity index (χ3v) is 5.76. The molecule has 180 valence electrons. The first-order valence-corrected chi connectivity index (χ1v) is 11.8. The van der Waals surface area contributed by atoms with Crippen LogP contribution in [0.5, 0.6) is 0 Å². The highest BCUT2D eigenvalue weighted by molar-refractivity contribution is 5.97. The molecule has 0 unspecified atom stereocenters. The Morgan fingerprint density at radius 3 is 2.83 bits per heavy atom. The molecule has 0 aliphatic heterocycles. The second kappa shape index (κ2) is 11.4. The number of fused-ring (bicyclic) bond motifs is 2. The van der Waals surface area contributed by atoms with Gasteiger partial charge in [-0.15, -0.1) is 0 Å². The molecule has 1 amide bonds. The minimum atomic E-state index is -0.506. The lowest BCUT2D eigenvalue weighted by Crippen LogP contribution is -2.28. The van der Waals surface area contributed by atoms with E-state index in [1.807, 2.05) is 24.4 Å². The van der Waals surface area contributed by atoms with Crippen molar-refractivity contribution in [2.24, 2.45) is 0 Å². The average Bonchev–Trinajstić information content (AvgIpc) is 3.47. The van der Waals surface area contributed by atoms with Crippen LogP contribution >= 0.6 is 0 Å². The molecule has 0 bridgehead atoms. The Bertz CT molecular complexity index is 1380. The quantitative estimate of drug-likeness (QED) is 0.211. The van der Waals surface area contributed by atoms with Gasteiger partial charge in [0.15, 0.2) is 0 Å². The fourth-order valence-corrected chi connectivity index (χ4v) is 4.03. The minimum absolute atomic E-state index is 0.134. The summed E-state index contributed by atoms with van der Waals surface area (Å²) in [5.41, 5.74) is 4.15. The molecule has 8 heteroatoms. The lowest BCUT2D eigenvalue weighted by molar-refractivity contribution is -0.115. The summed E-state index contributed by atoms with van der Waals surface area (Å²) in [5, 5.41) is 17.0. The van der Waals surface area contributed by atoms with E-state index < -0.39 is 5.97 Å². The molecule has 2 heterocycles. The van der Waals surface area contributed by atoms with Gasteiger partial charge in [-0.2, -0.15) is 5.26 Å². The molecule has 0 aliphatic rings. The van der Waals surface area contributed by atoms with E-state index in [4.69, 9.17) is 14.4 Å². The zero-order chi connectivity index (χ0) is 24.6. The van der Waals surface area contributed by atoms with Gasteiger partial charge in [-0.05, 0) is 80.8 Å². The molecule has 0 saturated heterocycles. The van der Waals surface area contributed by atoms with Crippen LogP contribution in [0.1, 0.15) is 47.9 Å². The first kappa shape index (κ1) is 24.0. The van der Waals surface area contributed by atoms with Crippen molar-refractivity contribution in [3.05, 3.63) is 65.5 Å². The van der Waals surface area contributed by atoms with Crippen molar-refractivity contribution in [1.29, 1.82) is 5.26 Å².